The van der Waals surface area contributed by atoms with E-state index in [0.717, 1.165) is 34.8 Å². The van der Waals surface area contributed by atoms with Gasteiger partial charge >= 0.3 is 5.97 Å². The predicted molar refractivity (Wildman–Crippen MR) is 139 cm³/mol. The van der Waals surface area contributed by atoms with Crippen LogP contribution in [0.3, 0.4) is 0 Å². The fourth-order valence-electron chi connectivity index (χ4n) is 4.81. The van der Waals surface area contributed by atoms with Crippen molar-refractivity contribution in [2.45, 2.75) is 63.5 Å². The lowest BCUT2D eigenvalue weighted by Crippen LogP contribution is -2.60. The van der Waals surface area contributed by atoms with Gasteiger partial charge in [-0.3, -0.25) is 9.59 Å². The minimum Gasteiger partial charge on any atom is -0.480 e. The molecule has 35 heavy (non-hydrogen) atoms. The molecule has 1 aliphatic carbocycles. The van der Waals surface area contributed by atoms with Crippen LogP contribution in [0.2, 0.25) is 0 Å². The van der Waals surface area contributed by atoms with Gasteiger partial charge in [-0.1, -0.05) is 50.1 Å². The number of hydrogen-bond donors (Lipinski definition) is 4. The van der Waals surface area contributed by atoms with Crippen molar-refractivity contribution in [3.05, 3.63) is 48.0 Å². The molecule has 1 unspecified atom stereocenters. The van der Waals surface area contributed by atoms with Crippen LogP contribution in [0, 0.1) is 5.92 Å². The van der Waals surface area contributed by atoms with E-state index in [1.54, 1.807) is 0 Å². The van der Waals surface area contributed by atoms with Gasteiger partial charge in [0.1, 0.15) is 22.7 Å². The van der Waals surface area contributed by atoms with Gasteiger partial charge in [-0.05, 0) is 48.6 Å². The summed E-state index contributed by atoms with van der Waals surface area (Å²) in [6.07, 6.45) is 3.74. The summed E-state index contributed by atoms with van der Waals surface area (Å²) in [5.74, 6) is -0.734. The van der Waals surface area contributed by atoms with Gasteiger partial charge in [-0.25, -0.2) is 4.79 Å². The summed E-state index contributed by atoms with van der Waals surface area (Å²) in [6, 6.07) is 12.2. The van der Waals surface area contributed by atoms with Crippen molar-refractivity contribution in [3.8, 4) is 0 Å². The maximum absolute atomic E-state index is 13.3. The first kappa shape index (κ1) is 25.1. The summed E-state index contributed by atoms with van der Waals surface area (Å²) in [6.45, 7) is 2.03. The van der Waals surface area contributed by atoms with Gasteiger partial charge in [0, 0.05) is 23.6 Å². The van der Waals surface area contributed by atoms with E-state index in [1.165, 1.54) is 0 Å². The zero-order valence-electron chi connectivity index (χ0n) is 19.9. The number of fused-ring (bicyclic) bond motifs is 3. The second kappa shape index (κ2) is 10.7. The Morgan fingerprint density at radius 2 is 1.80 bits per heavy atom. The van der Waals surface area contributed by atoms with E-state index in [1.807, 2.05) is 49.4 Å². The number of carbonyl (C=O) groups is 3. The van der Waals surface area contributed by atoms with E-state index in [9.17, 15) is 19.5 Å². The summed E-state index contributed by atoms with van der Waals surface area (Å²) in [7, 11) is 0. The topological polar surface area (TPSA) is 109 Å². The molecule has 3 N–H and O–H groups in total. The highest BCUT2D eigenvalue weighted by atomic mass is 32.1. The monoisotopic (exact) mass is 496 g/mol. The number of para-hydroxylation sites is 1. The molecule has 2 atom stereocenters. The number of amides is 2. The maximum Gasteiger partial charge on any atom is 0.326 e. The summed E-state index contributed by atoms with van der Waals surface area (Å²) < 4.78 is 5.92. The molecule has 0 aliphatic heterocycles. The zero-order chi connectivity index (χ0) is 25.0. The van der Waals surface area contributed by atoms with Gasteiger partial charge in [0.15, 0.2) is 0 Å². The number of benzene rings is 2. The van der Waals surface area contributed by atoms with E-state index in [-0.39, 0.29) is 12.3 Å². The lowest BCUT2D eigenvalue weighted by atomic mass is 9.94. The number of carboxylic acid groups (broad SMARTS) is 1. The van der Waals surface area contributed by atoms with Crippen LogP contribution in [-0.4, -0.2) is 40.2 Å². The number of aliphatic carboxylic acids is 1. The SMILES string of the molecule is CC(CS)CCC(=O)NC1(C(=O)N[C@@H](Cc2ccc3c(c2)oc2ccccc23)C(=O)O)CCCC1. The summed E-state index contributed by atoms with van der Waals surface area (Å²) in [5, 5.41) is 17.5. The van der Waals surface area contributed by atoms with Crippen LogP contribution in [-0.2, 0) is 20.8 Å². The average Bonchev–Trinajstić information content (AvgIpc) is 3.46. The molecule has 0 radical (unpaired) electrons. The molecular weight excluding hydrogens is 464 g/mol. The molecule has 0 bridgehead atoms. The van der Waals surface area contributed by atoms with Gasteiger partial charge in [0.25, 0.3) is 0 Å². The molecule has 1 heterocycles. The molecule has 2 amide bonds. The molecule has 2 aromatic carbocycles. The number of hydrogen-bond acceptors (Lipinski definition) is 5. The molecule has 0 saturated heterocycles. The molecule has 1 aromatic heterocycles. The molecule has 1 aliphatic rings. The molecule has 3 aromatic rings. The minimum absolute atomic E-state index is 0.109. The van der Waals surface area contributed by atoms with E-state index in [0.29, 0.717) is 42.9 Å². The number of rotatable bonds is 10. The molecule has 1 saturated carbocycles. The Bertz CT molecular complexity index is 1230. The Kier molecular flexibility index (Phi) is 7.69. The fraction of sp³-hybridized carbons (Fsp3) is 0.444. The van der Waals surface area contributed by atoms with Crippen molar-refractivity contribution in [2.24, 2.45) is 5.92 Å². The minimum atomic E-state index is -1.12. The lowest BCUT2D eigenvalue weighted by molar-refractivity contribution is -0.143. The van der Waals surface area contributed by atoms with E-state index >= 15 is 0 Å². The molecule has 7 nitrogen and oxygen atoms in total. The summed E-state index contributed by atoms with van der Waals surface area (Å²) in [4.78, 5) is 38.0. The number of thiol groups is 1. The average molecular weight is 497 g/mol. The number of furan rings is 1. The second-order valence-electron chi connectivity index (χ2n) is 9.66. The van der Waals surface area contributed by atoms with Crippen LogP contribution in [0.15, 0.2) is 46.9 Å². The largest absolute Gasteiger partial charge is 0.480 e. The van der Waals surface area contributed by atoms with Crippen molar-refractivity contribution in [1.29, 1.82) is 0 Å². The highest BCUT2D eigenvalue weighted by Gasteiger charge is 2.43. The lowest BCUT2D eigenvalue weighted by Gasteiger charge is -2.30. The second-order valence-corrected chi connectivity index (χ2v) is 10.0. The Labute approximate surface area is 210 Å². The standard InChI is InChI=1S/C27H32N2O5S/c1-17(16-35)8-11-24(30)29-27(12-4-5-13-27)26(33)28-21(25(31)32)14-18-9-10-20-19-6-2-3-7-22(19)34-23(20)15-18/h2-3,6-7,9-10,15,17,21,35H,4-5,8,11-14,16H2,1H3,(H,28,33)(H,29,30)(H,31,32)/t17?,21-/m0/s1. The van der Waals surface area contributed by atoms with Crippen LogP contribution in [0.1, 0.15) is 51.0 Å². The number of nitrogens with one attached hydrogen (secondary N) is 2. The third-order valence-corrected chi connectivity index (χ3v) is 7.56. The first-order valence-corrected chi connectivity index (χ1v) is 12.8. The van der Waals surface area contributed by atoms with E-state index < -0.39 is 23.5 Å². The number of carbonyl (C=O) groups excluding carboxylic acids is 2. The van der Waals surface area contributed by atoms with Crippen LogP contribution in [0.25, 0.3) is 21.9 Å². The summed E-state index contributed by atoms with van der Waals surface area (Å²) >= 11 is 4.26. The highest BCUT2D eigenvalue weighted by Crippen LogP contribution is 2.31. The molecule has 186 valence electrons. The normalized spacial score (nSPS) is 16.7. The van der Waals surface area contributed by atoms with Crippen molar-refractivity contribution in [2.75, 3.05) is 5.75 Å². The predicted octanol–water partition coefficient (Wildman–Crippen LogP) is 4.47. The molecule has 0 spiro atoms. The Morgan fingerprint density at radius 3 is 2.51 bits per heavy atom. The smallest absolute Gasteiger partial charge is 0.326 e. The Balaban J connectivity index is 1.47. The first-order valence-electron chi connectivity index (χ1n) is 12.2. The van der Waals surface area contributed by atoms with E-state index in [2.05, 4.69) is 23.3 Å². The Hall–Kier alpha value is -3.00. The van der Waals surface area contributed by atoms with Crippen LogP contribution >= 0.6 is 12.6 Å². The maximum atomic E-state index is 13.3. The summed E-state index contributed by atoms with van der Waals surface area (Å²) in [5.41, 5.74) is 1.13. The van der Waals surface area contributed by atoms with Crippen molar-refractivity contribution >= 4 is 52.4 Å². The third-order valence-electron chi connectivity index (χ3n) is 6.93. The van der Waals surface area contributed by atoms with Gasteiger partial charge in [-0.2, -0.15) is 12.6 Å². The van der Waals surface area contributed by atoms with Crippen molar-refractivity contribution in [1.82, 2.24) is 10.6 Å². The molecular formula is C27H32N2O5S. The van der Waals surface area contributed by atoms with Gasteiger partial charge < -0.3 is 20.2 Å². The molecule has 1 fully saturated rings. The zero-order valence-corrected chi connectivity index (χ0v) is 20.8. The highest BCUT2D eigenvalue weighted by molar-refractivity contribution is 7.80. The van der Waals surface area contributed by atoms with Crippen LogP contribution in [0.5, 0.6) is 0 Å². The van der Waals surface area contributed by atoms with Gasteiger partial charge in [0.2, 0.25) is 11.8 Å². The van der Waals surface area contributed by atoms with Crippen molar-refractivity contribution < 1.29 is 23.9 Å². The van der Waals surface area contributed by atoms with Crippen LogP contribution in [0.4, 0.5) is 0 Å². The van der Waals surface area contributed by atoms with Gasteiger partial charge in [0.05, 0.1) is 0 Å². The first-order chi connectivity index (χ1) is 16.8. The van der Waals surface area contributed by atoms with E-state index in [4.69, 9.17) is 4.42 Å². The quantitative estimate of drug-likeness (QED) is 0.310. The number of carboxylic acids is 1. The fourth-order valence-corrected chi connectivity index (χ4v) is 5.00. The molecule has 4 rings (SSSR count). The van der Waals surface area contributed by atoms with Gasteiger partial charge in [-0.15, -0.1) is 0 Å². The van der Waals surface area contributed by atoms with Crippen molar-refractivity contribution in [3.63, 3.8) is 0 Å². The third kappa shape index (κ3) is 5.64. The molecule has 8 heteroatoms. The van der Waals surface area contributed by atoms with Crippen LogP contribution < -0.4 is 10.6 Å². The Morgan fingerprint density at radius 1 is 1.09 bits per heavy atom.